The maximum atomic E-state index is 10.7. The molecule has 0 heterocycles. The number of carbonyl (C=O) groups is 1. The average molecular weight is 409 g/mol. The van der Waals surface area contributed by atoms with Gasteiger partial charge in [0.2, 0.25) is 0 Å². The van der Waals surface area contributed by atoms with Gasteiger partial charge in [-0.1, -0.05) is 45.4 Å². The minimum Gasteiger partial charge on any atom is -0.481 e. The van der Waals surface area contributed by atoms with Crippen LogP contribution in [0.1, 0.15) is 72.1 Å². The number of carboxylic acid groups (broad SMARTS) is 1. The van der Waals surface area contributed by atoms with Gasteiger partial charge >= 0.3 is 5.97 Å². The molecule has 0 aromatic heterocycles. The number of aliphatic carboxylic acids is 1. The molecule has 0 bridgehead atoms. The molecule has 166 valence electrons. The fraction of sp³-hybridized carbons (Fsp3) is 0.792. The molecule has 0 saturated heterocycles. The van der Waals surface area contributed by atoms with Gasteiger partial charge in [-0.3, -0.25) is 4.79 Å². The molecule has 5 nitrogen and oxygen atoms in total. The summed E-state index contributed by atoms with van der Waals surface area (Å²) in [5, 5.41) is 28.9. The average Bonchev–Trinajstić information content (AvgIpc) is 2.65. The molecule has 0 aromatic carbocycles. The summed E-state index contributed by atoms with van der Waals surface area (Å²) in [4.78, 5) is 10.7. The van der Waals surface area contributed by atoms with Crippen LogP contribution in [0.25, 0.3) is 0 Å². The third-order valence-electron chi connectivity index (χ3n) is 6.51. The minimum atomic E-state index is -1.04. The summed E-state index contributed by atoms with van der Waals surface area (Å²) in [7, 11) is 0. The van der Waals surface area contributed by atoms with Crippen molar-refractivity contribution in [3.05, 3.63) is 23.8 Å². The van der Waals surface area contributed by atoms with E-state index in [9.17, 15) is 15.0 Å². The van der Waals surface area contributed by atoms with Gasteiger partial charge in [0, 0.05) is 12.5 Å². The number of hydrogen-bond donors (Lipinski definition) is 3. The van der Waals surface area contributed by atoms with Gasteiger partial charge in [-0.05, 0) is 61.9 Å². The lowest BCUT2D eigenvalue weighted by molar-refractivity contribution is -0.139. The van der Waals surface area contributed by atoms with Crippen molar-refractivity contribution in [2.45, 2.75) is 90.4 Å². The molecule has 0 amide bonds. The van der Waals surface area contributed by atoms with Crippen molar-refractivity contribution in [2.24, 2.45) is 23.7 Å². The zero-order valence-corrected chi connectivity index (χ0v) is 18.3. The second kappa shape index (κ2) is 11.9. The van der Waals surface area contributed by atoms with Crippen LogP contribution in [0.5, 0.6) is 0 Å². The Labute approximate surface area is 175 Å². The molecule has 7 atom stereocenters. The Morgan fingerprint density at radius 3 is 2.72 bits per heavy atom. The van der Waals surface area contributed by atoms with E-state index >= 15 is 0 Å². The van der Waals surface area contributed by atoms with Crippen molar-refractivity contribution in [1.82, 2.24) is 0 Å². The molecule has 29 heavy (non-hydrogen) atoms. The van der Waals surface area contributed by atoms with E-state index in [-0.39, 0.29) is 18.9 Å². The Morgan fingerprint density at radius 2 is 2.03 bits per heavy atom. The molecule has 0 unspecified atom stereocenters. The van der Waals surface area contributed by atoms with Gasteiger partial charge in [0.25, 0.3) is 0 Å². The van der Waals surface area contributed by atoms with Crippen LogP contribution in [-0.4, -0.2) is 46.2 Å². The van der Waals surface area contributed by atoms with Gasteiger partial charge in [0.05, 0.1) is 24.7 Å². The van der Waals surface area contributed by atoms with Crippen molar-refractivity contribution < 1.29 is 24.9 Å². The molecule has 2 rings (SSSR count). The zero-order chi connectivity index (χ0) is 21.4. The number of aliphatic hydroxyl groups is 2. The normalized spacial score (nSPS) is 29.6. The predicted octanol–water partition coefficient (Wildman–Crippen LogP) is 4.33. The Morgan fingerprint density at radius 1 is 1.28 bits per heavy atom. The van der Waals surface area contributed by atoms with E-state index < -0.39 is 18.2 Å². The Kier molecular flexibility index (Phi) is 9.87. The lowest BCUT2D eigenvalue weighted by Gasteiger charge is -2.42. The van der Waals surface area contributed by atoms with E-state index in [0.717, 1.165) is 25.9 Å². The Balaban J connectivity index is 1.97. The molecule has 3 N–H and O–H groups in total. The summed E-state index contributed by atoms with van der Waals surface area (Å²) >= 11 is 0. The number of fused-ring (bicyclic) bond motifs is 1. The van der Waals surface area contributed by atoms with Gasteiger partial charge in [-0.2, -0.15) is 0 Å². The van der Waals surface area contributed by atoms with E-state index in [2.05, 4.69) is 39.0 Å². The van der Waals surface area contributed by atoms with Crippen molar-refractivity contribution >= 4 is 5.97 Å². The van der Waals surface area contributed by atoms with Gasteiger partial charge in [-0.25, -0.2) is 0 Å². The second-order valence-corrected chi connectivity index (χ2v) is 9.17. The van der Waals surface area contributed by atoms with Crippen LogP contribution in [0.2, 0.25) is 0 Å². The summed E-state index contributed by atoms with van der Waals surface area (Å²) in [6.07, 6.45) is 11.1. The van der Waals surface area contributed by atoms with Crippen LogP contribution in [0, 0.1) is 23.7 Å². The van der Waals surface area contributed by atoms with Crippen LogP contribution >= 0.6 is 0 Å². The van der Waals surface area contributed by atoms with Crippen molar-refractivity contribution in [3.63, 3.8) is 0 Å². The lowest BCUT2D eigenvalue weighted by Crippen LogP contribution is -2.39. The van der Waals surface area contributed by atoms with Crippen LogP contribution in [0.3, 0.4) is 0 Å². The number of allylic oxidation sites excluding steroid dienone is 3. The highest BCUT2D eigenvalue weighted by Crippen LogP contribution is 2.43. The number of hydrogen-bond acceptors (Lipinski definition) is 4. The fourth-order valence-electron chi connectivity index (χ4n) is 4.97. The van der Waals surface area contributed by atoms with Gasteiger partial charge < -0.3 is 20.1 Å². The maximum Gasteiger partial charge on any atom is 0.305 e. The summed E-state index contributed by atoms with van der Waals surface area (Å²) in [6, 6.07) is 0. The summed E-state index contributed by atoms with van der Waals surface area (Å²) in [6.45, 7) is 7.50. The number of ether oxygens (including phenoxy) is 1. The maximum absolute atomic E-state index is 10.7. The monoisotopic (exact) mass is 408 g/mol. The molecule has 0 radical (unpaired) electrons. The lowest BCUT2D eigenvalue weighted by atomic mass is 9.66. The van der Waals surface area contributed by atoms with Crippen LogP contribution in [0.15, 0.2) is 23.8 Å². The van der Waals surface area contributed by atoms with Crippen LogP contribution in [0.4, 0.5) is 0 Å². The van der Waals surface area contributed by atoms with E-state index in [4.69, 9.17) is 9.84 Å². The molecule has 5 heteroatoms. The van der Waals surface area contributed by atoms with E-state index in [1.165, 1.54) is 18.4 Å². The predicted molar refractivity (Wildman–Crippen MR) is 115 cm³/mol. The largest absolute Gasteiger partial charge is 0.481 e. The summed E-state index contributed by atoms with van der Waals surface area (Å²) in [5.41, 5.74) is 1.37. The van der Waals surface area contributed by atoms with E-state index in [1.54, 1.807) is 0 Å². The standard InChI is InChI=1S/C24H40O5/c1-4-6-16(2)15-29-22-8-5-7-18-10-9-17(3)21(24(18)22)12-11-19(25)13-20(26)14-23(27)28/h7,9-10,16-17,19-22,24-26H,4-6,8,11-15H2,1-3H3,(H,27,28)/t16-,17+,19+,20+,21-,22-,24-/m0/s1. The van der Waals surface area contributed by atoms with Crippen molar-refractivity contribution in [3.8, 4) is 0 Å². The highest BCUT2D eigenvalue weighted by molar-refractivity contribution is 5.67. The first-order chi connectivity index (χ1) is 13.8. The third-order valence-corrected chi connectivity index (χ3v) is 6.51. The van der Waals surface area contributed by atoms with E-state index in [0.29, 0.717) is 30.1 Å². The molecule has 0 saturated carbocycles. The molecule has 0 aromatic rings. The van der Waals surface area contributed by atoms with Crippen LogP contribution in [-0.2, 0) is 9.53 Å². The highest BCUT2D eigenvalue weighted by Gasteiger charge is 2.38. The second-order valence-electron chi connectivity index (χ2n) is 9.17. The molecule has 2 aliphatic carbocycles. The third kappa shape index (κ3) is 7.54. The first-order valence-electron chi connectivity index (χ1n) is 11.4. The first-order valence-corrected chi connectivity index (χ1v) is 11.4. The molecule has 0 aliphatic heterocycles. The smallest absolute Gasteiger partial charge is 0.305 e. The molecule has 2 aliphatic rings. The van der Waals surface area contributed by atoms with Crippen molar-refractivity contribution in [2.75, 3.05) is 6.61 Å². The van der Waals surface area contributed by atoms with E-state index in [1.807, 2.05) is 0 Å². The van der Waals surface area contributed by atoms with Gasteiger partial charge in [0.1, 0.15) is 0 Å². The van der Waals surface area contributed by atoms with Gasteiger partial charge in [-0.15, -0.1) is 0 Å². The highest BCUT2D eigenvalue weighted by atomic mass is 16.5. The first kappa shape index (κ1) is 24.1. The quantitative estimate of drug-likeness (QED) is 0.447. The number of carboxylic acids is 1. The summed E-state index contributed by atoms with van der Waals surface area (Å²) < 4.78 is 6.42. The Hall–Kier alpha value is -1.17. The van der Waals surface area contributed by atoms with Crippen molar-refractivity contribution in [1.29, 1.82) is 0 Å². The molecular weight excluding hydrogens is 368 g/mol. The zero-order valence-electron chi connectivity index (χ0n) is 18.3. The topological polar surface area (TPSA) is 87.0 Å². The molecular formula is C24H40O5. The molecule has 0 spiro atoms. The SMILES string of the molecule is CCC[C@H](C)CO[C@H]1CCC=C2C=C[C@@H](C)[C@H](CC[C@@H](O)C[C@@H](O)CC(=O)O)[C@H]21. The molecule has 0 fully saturated rings. The van der Waals surface area contributed by atoms with Crippen LogP contribution < -0.4 is 0 Å². The van der Waals surface area contributed by atoms with Gasteiger partial charge in [0.15, 0.2) is 0 Å². The number of aliphatic hydroxyl groups excluding tert-OH is 2. The summed E-state index contributed by atoms with van der Waals surface area (Å²) in [5.74, 6) is 0.690. The number of rotatable bonds is 12. The minimum absolute atomic E-state index is 0.116. The Bertz CT molecular complexity index is 570. The fourth-order valence-corrected chi connectivity index (χ4v) is 4.97.